The number of pyridine rings is 1. The number of benzene rings is 2. The summed E-state index contributed by atoms with van der Waals surface area (Å²) in [6.07, 6.45) is 0.691. The van der Waals surface area contributed by atoms with Gasteiger partial charge in [0.05, 0.1) is 5.52 Å². The number of carbonyl (C=O) groups excluding carboxylic acids is 1. The number of aryl methyl sites for hydroxylation is 1. The summed E-state index contributed by atoms with van der Waals surface area (Å²) in [6, 6.07) is 17.3. The SMILES string of the molecule is Cc1cc2ccc(NC(=O)C(C)Cc3ccccc3)cc2[nH]c1=O. The second-order valence-corrected chi connectivity index (χ2v) is 6.16. The molecule has 0 aliphatic rings. The Balaban J connectivity index is 1.75. The highest BCUT2D eigenvalue weighted by Gasteiger charge is 2.14. The van der Waals surface area contributed by atoms with Crippen LogP contribution >= 0.6 is 0 Å². The van der Waals surface area contributed by atoms with Crippen LogP contribution in [0.4, 0.5) is 5.69 Å². The number of hydrogen-bond acceptors (Lipinski definition) is 2. The van der Waals surface area contributed by atoms with Crippen LogP contribution in [0.2, 0.25) is 0 Å². The van der Waals surface area contributed by atoms with E-state index < -0.39 is 0 Å². The second kappa shape index (κ2) is 6.71. The first kappa shape index (κ1) is 16.0. The topological polar surface area (TPSA) is 62.0 Å². The van der Waals surface area contributed by atoms with Gasteiger partial charge in [0.2, 0.25) is 5.91 Å². The highest BCUT2D eigenvalue weighted by Crippen LogP contribution is 2.18. The third-order valence-electron chi connectivity index (χ3n) is 4.13. The van der Waals surface area contributed by atoms with E-state index in [2.05, 4.69) is 10.3 Å². The van der Waals surface area contributed by atoms with Crippen LogP contribution in [0, 0.1) is 12.8 Å². The Morgan fingerprint density at radius 3 is 2.62 bits per heavy atom. The van der Waals surface area contributed by atoms with Gasteiger partial charge in [-0.3, -0.25) is 9.59 Å². The summed E-state index contributed by atoms with van der Waals surface area (Å²) in [7, 11) is 0. The second-order valence-electron chi connectivity index (χ2n) is 6.16. The molecule has 0 spiro atoms. The molecule has 122 valence electrons. The number of aromatic nitrogens is 1. The predicted molar refractivity (Wildman–Crippen MR) is 97.2 cm³/mol. The number of fused-ring (bicyclic) bond motifs is 1. The Morgan fingerprint density at radius 1 is 1.12 bits per heavy atom. The van der Waals surface area contributed by atoms with Crippen LogP contribution in [0.5, 0.6) is 0 Å². The zero-order valence-electron chi connectivity index (χ0n) is 13.8. The van der Waals surface area contributed by atoms with Gasteiger partial charge in [-0.2, -0.15) is 0 Å². The molecule has 0 radical (unpaired) electrons. The molecule has 1 aromatic heterocycles. The normalized spacial score (nSPS) is 12.1. The molecule has 1 amide bonds. The van der Waals surface area contributed by atoms with Crippen molar-refractivity contribution < 1.29 is 4.79 Å². The maximum Gasteiger partial charge on any atom is 0.251 e. The van der Waals surface area contributed by atoms with Gasteiger partial charge in [-0.25, -0.2) is 0 Å². The minimum absolute atomic E-state index is 0.0346. The van der Waals surface area contributed by atoms with E-state index in [1.165, 1.54) is 0 Å². The van der Waals surface area contributed by atoms with E-state index in [-0.39, 0.29) is 17.4 Å². The lowest BCUT2D eigenvalue weighted by atomic mass is 10.0. The molecule has 0 saturated heterocycles. The van der Waals surface area contributed by atoms with Crippen LogP contribution in [-0.4, -0.2) is 10.9 Å². The summed E-state index contributed by atoms with van der Waals surface area (Å²) < 4.78 is 0. The van der Waals surface area contributed by atoms with Crippen LogP contribution < -0.4 is 10.9 Å². The number of H-pyrrole nitrogens is 1. The molecule has 2 aromatic carbocycles. The maximum atomic E-state index is 12.4. The van der Waals surface area contributed by atoms with Crippen LogP contribution in [0.1, 0.15) is 18.1 Å². The molecule has 0 aliphatic heterocycles. The average molecular weight is 320 g/mol. The molecule has 1 heterocycles. The van der Waals surface area contributed by atoms with Crippen molar-refractivity contribution in [3.8, 4) is 0 Å². The summed E-state index contributed by atoms with van der Waals surface area (Å²) in [5.74, 6) is -0.173. The van der Waals surface area contributed by atoms with Crippen LogP contribution in [-0.2, 0) is 11.2 Å². The molecule has 1 unspecified atom stereocenters. The molecule has 0 bridgehead atoms. The number of rotatable bonds is 4. The van der Waals surface area contributed by atoms with Crippen LogP contribution in [0.25, 0.3) is 10.9 Å². The van der Waals surface area contributed by atoms with Crippen molar-refractivity contribution in [3.05, 3.63) is 76.1 Å². The van der Waals surface area contributed by atoms with Gasteiger partial charge in [0.1, 0.15) is 0 Å². The lowest BCUT2D eigenvalue weighted by Crippen LogP contribution is -2.22. The maximum absolute atomic E-state index is 12.4. The van der Waals surface area contributed by atoms with Crippen molar-refractivity contribution in [3.63, 3.8) is 0 Å². The van der Waals surface area contributed by atoms with Crippen molar-refractivity contribution in [2.75, 3.05) is 5.32 Å². The van der Waals surface area contributed by atoms with Crippen molar-refractivity contribution in [1.29, 1.82) is 0 Å². The zero-order valence-corrected chi connectivity index (χ0v) is 13.8. The summed E-state index contributed by atoms with van der Waals surface area (Å²) in [5.41, 5.74) is 3.11. The molecule has 24 heavy (non-hydrogen) atoms. The molecule has 1 atom stereocenters. The molecular weight excluding hydrogens is 300 g/mol. The molecular formula is C20H20N2O2. The number of nitrogens with one attached hydrogen (secondary N) is 2. The van der Waals surface area contributed by atoms with E-state index in [9.17, 15) is 9.59 Å². The predicted octanol–water partition coefficient (Wildman–Crippen LogP) is 3.65. The molecule has 2 N–H and O–H groups in total. The number of anilines is 1. The highest BCUT2D eigenvalue weighted by atomic mass is 16.2. The third-order valence-corrected chi connectivity index (χ3v) is 4.13. The van der Waals surface area contributed by atoms with Crippen molar-refractivity contribution in [1.82, 2.24) is 4.98 Å². The van der Waals surface area contributed by atoms with Gasteiger partial charge in [0.15, 0.2) is 0 Å². The molecule has 3 rings (SSSR count). The van der Waals surface area contributed by atoms with Gasteiger partial charge in [-0.1, -0.05) is 43.3 Å². The smallest absolute Gasteiger partial charge is 0.251 e. The van der Waals surface area contributed by atoms with E-state index >= 15 is 0 Å². The van der Waals surface area contributed by atoms with Gasteiger partial charge in [0.25, 0.3) is 5.56 Å². The molecule has 4 heteroatoms. The minimum Gasteiger partial charge on any atom is -0.326 e. The standard InChI is InChI=1S/C20H20N2O2/c1-13(10-15-6-4-3-5-7-15)19(23)21-17-9-8-16-11-14(2)20(24)22-18(16)12-17/h3-9,11-13H,10H2,1-2H3,(H,21,23)(H,22,24). The quantitative estimate of drug-likeness (QED) is 0.771. The summed E-state index contributed by atoms with van der Waals surface area (Å²) >= 11 is 0. The van der Waals surface area contributed by atoms with Crippen molar-refractivity contribution >= 4 is 22.5 Å². The van der Waals surface area contributed by atoms with E-state index in [4.69, 9.17) is 0 Å². The number of hydrogen-bond donors (Lipinski definition) is 2. The molecule has 0 fully saturated rings. The number of amides is 1. The molecule has 4 nitrogen and oxygen atoms in total. The summed E-state index contributed by atoms with van der Waals surface area (Å²) in [4.78, 5) is 27.0. The average Bonchev–Trinajstić information content (AvgIpc) is 2.57. The summed E-state index contributed by atoms with van der Waals surface area (Å²) in [6.45, 7) is 3.69. The lowest BCUT2D eigenvalue weighted by Gasteiger charge is -2.13. The first-order valence-electron chi connectivity index (χ1n) is 8.01. The minimum atomic E-state index is -0.139. The largest absolute Gasteiger partial charge is 0.326 e. The zero-order chi connectivity index (χ0) is 17.1. The van der Waals surface area contributed by atoms with Gasteiger partial charge in [-0.05, 0) is 42.5 Å². The van der Waals surface area contributed by atoms with Gasteiger partial charge in [-0.15, -0.1) is 0 Å². The van der Waals surface area contributed by atoms with E-state index in [1.54, 1.807) is 13.0 Å². The Kier molecular flexibility index (Phi) is 4.47. The number of aromatic amines is 1. The Bertz CT molecular complexity index is 929. The molecule has 0 aliphatic carbocycles. The molecule has 3 aromatic rings. The van der Waals surface area contributed by atoms with E-state index in [0.29, 0.717) is 17.7 Å². The van der Waals surface area contributed by atoms with Gasteiger partial charge >= 0.3 is 0 Å². The highest BCUT2D eigenvalue weighted by molar-refractivity contribution is 5.94. The van der Waals surface area contributed by atoms with Crippen molar-refractivity contribution in [2.45, 2.75) is 20.3 Å². The van der Waals surface area contributed by atoms with Crippen LogP contribution in [0.3, 0.4) is 0 Å². The molecule has 0 saturated carbocycles. The van der Waals surface area contributed by atoms with Crippen LogP contribution in [0.15, 0.2) is 59.4 Å². The first-order valence-corrected chi connectivity index (χ1v) is 8.01. The monoisotopic (exact) mass is 320 g/mol. The third kappa shape index (κ3) is 3.54. The Labute approximate surface area is 140 Å². The fourth-order valence-electron chi connectivity index (χ4n) is 2.71. The van der Waals surface area contributed by atoms with Crippen molar-refractivity contribution in [2.24, 2.45) is 5.92 Å². The van der Waals surface area contributed by atoms with E-state index in [0.717, 1.165) is 16.5 Å². The fourth-order valence-corrected chi connectivity index (χ4v) is 2.71. The number of carbonyl (C=O) groups is 1. The lowest BCUT2D eigenvalue weighted by molar-refractivity contribution is -0.119. The fraction of sp³-hybridized carbons (Fsp3) is 0.200. The summed E-state index contributed by atoms with van der Waals surface area (Å²) in [5, 5.41) is 3.87. The first-order chi connectivity index (χ1) is 11.5. The Morgan fingerprint density at radius 2 is 1.88 bits per heavy atom. The van der Waals surface area contributed by atoms with E-state index in [1.807, 2.05) is 55.5 Å². The Hall–Kier alpha value is -2.88. The van der Waals surface area contributed by atoms with Gasteiger partial charge in [0, 0.05) is 17.2 Å². The van der Waals surface area contributed by atoms with Gasteiger partial charge < -0.3 is 10.3 Å².